The highest BCUT2D eigenvalue weighted by atomic mass is 35.5. The van der Waals surface area contributed by atoms with Gasteiger partial charge in [0.05, 0.1) is 11.1 Å². The van der Waals surface area contributed by atoms with Gasteiger partial charge in [0.1, 0.15) is 5.82 Å². The number of anilines is 1. The zero-order valence-electron chi connectivity index (χ0n) is 9.11. The SMILES string of the molecule is C[C@H](O)CNC(=O)C(=O)Nc1ccc(Cl)cn1. The number of pyridine rings is 1. The van der Waals surface area contributed by atoms with Crippen LogP contribution in [0.15, 0.2) is 18.3 Å². The van der Waals surface area contributed by atoms with Crippen molar-refractivity contribution < 1.29 is 14.7 Å². The summed E-state index contributed by atoms with van der Waals surface area (Å²) >= 11 is 5.61. The molecule has 0 saturated heterocycles. The van der Waals surface area contributed by atoms with E-state index in [0.29, 0.717) is 5.02 Å². The lowest BCUT2D eigenvalue weighted by atomic mass is 10.4. The molecule has 0 aliphatic rings. The Kier molecular flexibility index (Phi) is 4.86. The molecular weight excluding hydrogens is 246 g/mol. The van der Waals surface area contributed by atoms with Crippen LogP contribution in [0.1, 0.15) is 6.92 Å². The standard InChI is InChI=1S/C10H12ClN3O3/c1-6(15)4-13-9(16)10(17)14-8-3-2-7(11)5-12-8/h2-3,5-6,15H,4H2,1H3,(H,13,16)(H,12,14,17)/t6-/m0/s1. The third-order valence-electron chi connectivity index (χ3n) is 1.73. The van der Waals surface area contributed by atoms with Crippen molar-refractivity contribution in [1.82, 2.24) is 10.3 Å². The molecule has 7 heteroatoms. The van der Waals surface area contributed by atoms with Crippen LogP contribution in [0.5, 0.6) is 0 Å². The highest BCUT2D eigenvalue weighted by Crippen LogP contribution is 2.09. The molecule has 0 aliphatic heterocycles. The van der Waals surface area contributed by atoms with E-state index in [4.69, 9.17) is 16.7 Å². The van der Waals surface area contributed by atoms with E-state index in [0.717, 1.165) is 0 Å². The lowest BCUT2D eigenvalue weighted by Crippen LogP contribution is -2.38. The van der Waals surface area contributed by atoms with Crippen molar-refractivity contribution in [3.05, 3.63) is 23.4 Å². The van der Waals surface area contributed by atoms with Crippen molar-refractivity contribution in [3.8, 4) is 0 Å². The molecule has 0 spiro atoms. The average molecular weight is 258 g/mol. The molecule has 1 heterocycles. The zero-order valence-corrected chi connectivity index (χ0v) is 9.86. The maximum Gasteiger partial charge on any atom is 0.314 e. The van der Waals surface area contributed by atoms with E-state index >= 15 is 0 Å². The van der Waals surface area contributed by atoms with E-state index < -0.39 is 17.9 Å². The number of rotatable bonds is 3. The van der Waals surface area contributed by atoms with Gasteiger partial charge in [0.15, 0.2) is 0 Å². The summed E-state index contributed by atoms with van der Waals surface area (Å²) in [7, 11) is 0. The third kappa shape index (κ3) is 4.80. The number of carbonyl (C=O) groups is 2. The first-order valence-corrected chi connectivity index (χ1v) is 5.25. The van der Waals surface area contributed by atoms with Crippen molar-refractivity contribution in [1.29, 1.82) is 0 Å². The van der Waals surface area contributed by atoms with Crippen molar-refractivity contribution in [3.63, 3.8) is 0 Å². The van der Waals surface area contributed by atoms with Gasteiger partial charge in [-0.3, -0.25) is 9.59 Å². The van der Waals surface area contributed by atoms with Crippen LogP contribution in [0.3, 0.4) is 0 Å². The number of nitrogens with one attached hydrogen (secondary N) is 2. The van der Waals surface area contributed by atoms with Crippen LogP contribution in [0.25, 0.3) is 0 Å². The minimum atomic E-state index is -0.847. The van der Waals surface area contributed by atoms with Crippen molar-refractivity contribution in [2.45, 2.75) is 13.0 Å². The second kappa shape index (κ2) is 6.17. The molecule has 0 bridgehead atoms. The molecule has 17 heavy (non-hydrogen) atoms. The summed E-state index contributed by atoms with van der Waals surface area (Å²) in [5, 5.41) is 13.9. The van der Waals surface area contributed by atoms with Gasteiger partial charge in [0, 0.05) is 12.7 Å². The predicted octanol–water partition coefficient (Wildman–Crippen LogP) is 0.170. The lowest BCUT2D eigenvalue weighted by Gasteiger charge is -2.07. The fourth-order valence-corrected chi connectivity index (χ4v) is 1.06. The highest BCUT2D eigenvalue weighted by Gasteiger charge is 2.14. The zero-order chi connectivity index (χ0) is 12.8. The monoisotopic (exact) mass is 257 g/mol. The first-order chi connectivity index (χ1) is 7.99. The number of aliphatic hydroxyl groups excluding tert-OH is 1. The van der Waals surface area contributed by atoms with Crippen LogP contribution in [-0.2, 0) is 9.59 Å². The molecule has 1 atom stereocenters. The number of halogens is 1. The highest BCUT2D eigenvalue weighted by molar-refractivity contribution is 6.39. The van der Waals surface area contributed by atoms with Gasteiger partial charge in [-0.15, -0.1) is 0 Å². The summed E-state index contributed by atoms with van der Waals surface area (Å²) < 4.78 is 0. The number of aliphatic hydroxyl groups is 1. The summed E-state index contributed by atoms with van der Waals surface area (Å²) in [6.45, 7) is 1.51. The topological polar surface area (TPSA) is 91.3 Å². The van der Waals surface area contributed by atoms with Crippen LogP contribution < -0.4 is 10.6 Å². The van der Waals surface area contributed by atoms with Crippen LogP contribution >= 0.6 is 11.6 Å². The van der Waals surface area contributed by atoms with Crippen molar-refractivity contribution in [2.75, 3.05) is 11.9 Å². The Morgan fingerprint density at radius 2 is 2.18 bits per heavy atom. The van der Waals surface area contributed by atoms with Crippen molar-refractivity contribution in [2.24, 2.45) is 0 Å². The van der Waals surface area contributed by atoms with E-state index in [-0.39, 0.29) is 12.4 Å². The molecule has 0 aliphatic carbocycles. The number of aromatic nitrogens is 1. The Hall–Kier alpha value is -1.66. The molecule has 1 aromatic rings. The molecule has 0 aromatic carbocycles. The molecule has 2 amide bonds. The molecule has 3 N–H and O–H groups in total. The summed E-state index contributed by atoms with van der Waals surface area (Å²) in [5.41, 5.74) is 0. The summed E-state index contributed by atoms with van der Waals surface area (Å²) in [5.74, 6) is -1.45. The minimum Gasteiger partial charge on any atom is -0.392 e. The number of amides is 2. The fraction of sp³-hybridized carbons (Fsp3) is 0.300. The average Bonchev–Trinajstić information content (AvgIpc) is 2.28. The molecular formula is C10H12ClN3O3. The molecule has 6 nitrogen and oxygen atoms in total. The number of carbonyl (C=O) groups excluding carboxylic acids is 2. The van der Waals surface area contributed by atoms with Gasteiger partial charge >= 0.3 is 11.8 Å². The van der Waals surface area contributed by atoms with Crippen LogP contribution in [0.4, 0.5) is 5.82 Å². The number of nitrogens with zero attached hydrogens (tertiary/aromatic N) is 1. The van der Waals surface area contributed by atoms with Gasteiger partial charge < -0.3 is 15.7 Å². The van der Waals surface area contributed by atoms with Gasteiger partial charge in [-0.1, -0.05) is 11.6 Å². The fourth-order valence-electron chi connectivity index (χ4n) is 0.944. The third-order valence-corrected chi connectivity index (χ3v) is 1.96. The van der Waals surface area contributed by atoms with Gasteiger partial charge in [-0.2, -0.15) is 0 Å². The molecule has 0 fully saturated rings. The molecule has 92 valence electrons. The second-order valence-electron chi connectivity index (χ2n) is 3.37. The van der Waals surface area contributed by atoms with E-state index in [1.807, 2.05) is 0 Å². The Balaban J connectivity index is 2.48. The molecule has 1 aromatic heterocycles. The van der Waals surface area contributed by atoms with Gasteiger partial charge in [-0.25, -0.2) is 4.98 Å². The normalized spacial score (nSPS) is 11.7. The number of hydrogen-bond donors (Lipinski definition) is 3. The second-order valence-corrected chi connectivity index (χ2v) is 3.81. The molecule has 0 unspecified atom stereocenters. The maximum absolute atomic E-state index is 11.3. The number of hydrogen-bond acceptors (Lipinski definition) is 4. The minimum absolute atomic E-state index is 0.0142. The molecule has 0 radical (unpaired) electrons. The van der Waals surface area contributed by atoms with E-state index in [1.54, 1.807) is 0 Å². The molecule has 1 rings (SSSR count). The largest absolute Gasteiger partial charge is 0.392 e. The van der Waals surface area contributed by atoms with Crippen LogP contribution in [-0.4, -0.2) is 34.6 Å². The predicted molar refractivity (Wildman–Crippen MR) is 62.6 cm³/mol. The Morgan fingerprint density at radius 3 is 2.71 bits per heavy atom. The van der Waals surface area contributed by atoms with E-state index in [1.165, 1.54) is 25.3 Å². The molecule has 0 saturated carbocycles. The van der Waals surface area contributed by atoms with E-state index in [9.17, 15) is 9.59 Å². The summed E-state index contributed by atoms with van der Waals surface area (Å²) in [4.78, 5) is 26.4. The first kappa shape index (κ1) is 13.4. The smallest absolute Gasteiger partial charge is 0.314 e. The van der Waals surface area contributed by atoms with Crippen molar-refractivity contribution >= 4 is 29.2 Å². The summed E-state index contributed by atoms with van der Waals surface area (Å²) in [6.07, 6.45) is 0.644. The van der Waals surface area contributed by atoms with Crippen LogP contribution in [0, 0.1) is 0 Å². The maximum atomic E-state index is 11.3. The van der Waals surface area contributed by atoms with Crippen LogP contribution in [0.2, 0.25) is 5.02 Å². The van der Waals surface area contributed by atoms with Gasteiger partial charge in [-0.05, 0) is 19.1 Å². The Morgan fingerprint density at radius 1 is 1.47 bits per heavy atom. The van der Waals surface area contributed by atoms with Gasteiger partial charge in [0.2, 0.25) is 0 Å². The summed E-state index contributed by atoms with van der Waals surface area (Å²) in [6, 6.07) is 3.01. The Labute approximate surface area is 103 Å². The van der Waals surface area contributed by atoms with Gasteiger partial charge in [0.25, 0.3) is 0 Å². The lowest BCUT2D eigenvalue weighted by molar-refractivity contribution is -0.136. The first-order valence-electron chi connectivity index (χ1n) is 4.88. The quantitative estimate of drug-likeness (QED) is 0.673. The van der Waals surface area contributed by atoms with E-state index in [2.05, 4.69) is 15.6 Å². The Bertz CT molecular complexity index is 406.